The molecule has 25 heteroatoms. The van der Waals surface area contributed by atoms with Gasteiger partial charge in [0.1, 0.15) is 29.1 Å². The molecule has 3 aliphatic heterocycles. The number of H-pyrrole nitrogens is 3. The summed E-state index contributed by atoms with van der Waals surface area (Å²) < 4.78 is 72.0. The molecule has 3 aliphatic rings. The van der Waals surface area contributed by atoms with Crippen LogP contribution in [0.5, 0.6) is 0 Å². The van der Waals surface area contributed by atoms with Crippen molar-refractivity contribution in [2.75, 3.05) is 6.54 Å². The van der Waals surface area contributed by atoms with E-state index in [0.717, 1.165) is 73.3 Å². The molecule has 0 saturated heterocycles. The lowest BCUT2D eigenvalue weighted by molar-refractivity contribution is -0.123. The number of nitrogens with one attached hydrogen (secondary N) is 9. The molecular weight excluding hydrogens is 1460 g/mol. The molecule has 8 heterocycles. The van der Waals surface area contributed by atoms with Gasteiger partial charge in [0.25, 0.3) is 17.7 Å². The highest BCUT2D eigenvalue weighted by Gasteiger charge is 2.36. The van der Waals surface area contributed by atoms with Gasteiger partial charge in [-0.3, -0.25) is 53.1 Å². The highest BCUT2D eigenvalue weighted by molar-refractivity contribution is 6.05. The zero-order chi connectivity index (χ0) is 80.3. The first-order chi connectivity index (χ1) is 55.0. The van der Waals surface area contributed by atoms with Gasteiger partial charge in [0.05, 0.1) is 47.1 Å². The molecule has 15 rings (SSSR count). The van der Waals surface area contributed by atoms with E-state index in [1.54, 1.807) is 51.4 Å². The van der Waals surface area contributed by atoms with Gasteiger partial charge in [-0.05, 0) is 198 Å². The highest BCUT2D eigenvalue weighted by atomic mass is 19.1. The zero-order valence-electron chi connectivity index (χ0n) is 62.0. The number of amides is 6. The Labute approximate surface area is 650 Å². The van der Waals surface area contributed by atoms with E-state index in [0.29, 0.717) is 62.2 Å². The minimum absolute atomic E-state index is 0.0388. The summed E-state index contributed by atoms with van der Waals surface area (Å²) in [4.78, 5) is 134. The smallest absolute Gasteiger partial charge is 0.254 e. The summed E-state index contributed by atoms with van der Waals surface area (Å²) in [5, 5.41) is 19.2. The van der Waals surface area contributed by atoms with Crippen LogP contribution in [0.25, 0.3) is 32.7 Å². The fourth-order valence-corrected chi connectivity index (χ4v) is 14.4. The third-order valence-electron chi connectivity index (χ3n) is 20.0. The van der Waals surface area contributed by atoms with Crippen LogP contribution in [0.1, 0.15) is 140 Å². The number of carbonyl (C=O) groups is 9. The van der Waals surface area contributed by atoms with Crippen LogP contribution >= 0.6 is 0 Å². The highest BCUT2D eigenvalue weighted by Crippen LogP contribution is 2.37. The molecule has 12 aromatic rings. The maximum Gasteiger partial charge on any atom is 0.254 e. The number of hydrogen-bond donors (Lipinski definition) is 9. The number of ketones is 3. The summed E-state index contributed by atoms with van der Waals surface area (Å²) in [5.41, 5.74) is 10.3. The Kier molecular flexibility index (Phi) is 24.1. The number of carbonyl (C=O) groups excluding carboxylic acids is 9. The van der Waals surface area contributed by atoms with Crippen LogP contribution in [-0.4, -0.2) is 84.3 Å². The molecule has 576 valence electrons. The van der Waals surface area contributed by atoms with Crippen molar-refractivity contribution in [1.82, 2.24) is 56.8 Å². The minimum Gasteiger partial charge on any atom is -0.361 e. The number of rotatable bonds is 22. The Morgan fingerprint density at radius 2 is 0.746 bits per heavy atom. The molecule has 0 bridgehead atoms. The number of hydrogen-bond acceptors (Lipinski definition) is 11. The van der Waals surface area contributed by atoms with Gasteiger partial charge >= 0.3 is 0 Å². The second kappa shape index (κ2) is 35.0. The Balaban J connectivity index is 0.000000149. The maximum atomic E-state index is 14.7. The Morgan fingerprint density at radius 3 is 1.11 bits per heavy atom. The van der Waals surface area contributed by atoms with Crippen LogP contribution in [0.2, 0.25) is 0 Å². The number of aromatic amines is 3. The molecule has 9 N–H and O–H groups in total. The molecule has 20 nitrogen and oxygen atoms in total. The second-order valence-electron chi connectivity index (χ2n) is 28.0. The van der Waals surface area contributed by atoms with Gasteiger partial charge in [0.15, 0.2) is 17.3 Å². The molecule has 0 saturated carbocycles. The van der Waals surface area contributed by atoms with Gasteiger partial charge in [0.2, 0.25) is 17.7 Å². The van der Waals surface area contributed by atoms with E-state index >= 15 is 0 Å². The third-order valence-corrected chi connectivity index (χ3v) is 20.0. The van der Waals surface area contributed by atoms with Crippen LogP contribution in [-0.2, 0) is 67.5 Å². The Bertz CT molecular complexity index is 5870. The fourth-order valence-electron chi connectivity index (χ4n) is 14.4. The minimum atomic E-state index is -0.897. The predicted octanol–water partition coefficient (Wildman–Crippen LogP) is 13.9. The molecule has 6 amide bonds. The lowest BCUT2D eigenvalue weighted by atomic mass is 9.85. The first-order valence-corrected chi connectivity index (χ1v) is 36.7. The third kappa shape index (κ3) is 18.4. The lowest BCUT2D eigenvalue weighted by Gasteiger charge is -2.28. The van der Waals surface area contributed by atoms with Gasteiger partial charge in [-0.2, -0.15) is 0 Å². The summed E-state index contributed by atoms with van der Waals surface area (Å²) in [6.45, 7) is 5.16. The van der Waals surface area contributed by atoms with E-state index in [1.165, 1.54) is 54.6 Å². The number of Topliss-reactive ketones (excluding diaryl/α,β-unsaturated/α-hetero) is 3. The summed E-state index contributed by atoms with van der Waals surface area (Å²) >= 11 is 0. The molecule has 3 unspecified atom stereocenters. The normalized spacial score (nSPS) is 15.4. The van der Waals surface area contributed by atoms with E-state index in [2.05, 4.69) is 56.8 Å². The van der Waals surface area contributed by atoms with Gasteiger partial charge in [0, 0.05) is 134 Å². The van der Waals surface area contributed by atoms with E-state index in [-0.39, 0.29) is 109 Å². The summed E-state index contributed by atoms with van der Waals surface area (Å²) in [6, 6.07) is 46.6. The van der Waals surface area contributed by atoms with Crippen LogP contribution < -0.4 is 31.9 Å². The number of nitrogens with zero attached hydrogens (tertiary/aromatic N) is 2. The van der Waals surface area contributed by atoms with E-state index in [4.69, 9.17) is 0 Å². The number of benzene rings is 7. The number of fused-ring (bicyclic) bond motifs is 3. The van der Waals surface area contributed by atoms with E-state index < -0.39 is 71.5 Å². The summed E-state index contributed by atoms with van der Waals surface area (Å²) in [5.74, 6) is -7.26. The van der Waals surface area contributed by atoms with E-state index in [1.807, 2.05) is 110 Å². The molecule has 114 heavy (non-hydrogen) atoms. The SMILES string of the molecule is CC1=C(C(=O)Cc2ccc3[nH]ccc3c2)C(c2ccc(F)c(C(=O)NCCc3ccccn3)c2)NC(=O)C1.CC1=C(C(=O)Cc2ccc3[nH]ccc3c2)C(c2ccc(F)c(C(=O)NCc3c(F)cccc3F)c2)NC(=O)C1.CC1=C(C(=O)Cc2ccc3[nH]ccc3c2)C(c2ccc(F)c(C(=O)NCc3ccccn3)c2)NC(=O)C1. The van der Waals surface area contributed by atoms with Gasteiger partial charge < -0.3 is 46.9 Å². The van der Waals surface area contributed by atoms with Crippen molar-refractivity contribution in [2.45, 2.75) is 96.9 Å². The van der Waals surface area contributed by atoms with Crippen LogP contribution in [0, 0.1) is 29.1 Å². The summed E-state index contributed by atoms with van der Waals surface area (Å²) in [7, 11) is 0. The largest absolute Gasteiger partial charge is 0.361 e. The molecule has 3 atom stereocenters. The molecule has 0 fully saturated rings. The van der Waals surface area contributed by atoms with Crippen molar-refractivity contribution in [1.29, 1.82) is 0 Å². The monoisotopic (exact) mass is 1540 g/mol. The molecule has 0 spiro atoms. The topological polar surface area (TPSA) is 299 Å². The van der Waals surface area contributed by atoms with Crippen molar-refractivity contribution >= 4 is 85.5 Å². The average molecular weight is 1540 g/mol. The van der Waals surface area contributed by atoms with Crippen molar-refractivity contribution in [3.05, 3.63) is 343 Å². The molecule has 0 radical (unpaired) electrons. The second-order valence-corrected chi connectivity index (χ2v) is 28.0. The Hall–Kier alpha value is -13.8. The summed E-state index contributed by atoms with van der Waals surface area (Å²) in [6.07, 6.45) is 9.92. The Morgan fingerprint density at radius 1 is 0.386 bits per heavy atom. The first-order valence-electron chi connectivity index (χ1n) is 36.7. The number of halogens is 5. The fraction of sp³-hybridized carbons (Fsp3) is 0.180. The van der Waals surface area contributed by atoms with Crippen LogP contribution in [0.3, 0.4) is 0 Å². The number of aromatic nitrogens is 5. The van der Waals surface area contributed by atoms with Gasteiger partial charge in [-0.15, -0.1) is 0 Å². The van der Waals surface area contributed by atoms with Crippen molar-refractivity contribution in [3.8, 4) is 0 Å². The van der Waals surface area contributed by atoms with Gasteiger partial charge in [-0.1, -0.05) is 71.3 Å². The van der Waals surface area contributed by atoms with Crippen molar-refractivity contribution in [3.63, 3.8) is 0 Å². The first kappa shape index (κ1) is 78.3. The number of pyridine rings is 2. The van der Waals surface area contributed by atoms with Crippen molar-refractivity contribution in [2.24, 2.45) is 0 Å². The molecular formula is C89H76F5N11O9. The van der Waals surface area contributed by atoms with Gasteiger partial charge in [-0.25, -0.2) is 22.0 Å². The predicted molar refractivity (Wildman–Crippen MR) is 418 cm³/mol. The average Bonchev–Trinajstić information content (AvgIpc) is 0.924. The molecule has 7 aromatic carbocycles. The van der Waals surface area contributed by atoms with Crippen LogP contribution in [0.15, 0.2) is 246 Å². The van der Waals surface area contributed by atoms with E-state index in [9.17, 15) is 65.1 Å². The quantitative estimate of drug-likeness (QED) is 0.0287. The maximum absolute atomic E-state index is 14.7. The molecule has 5 aromatic heterocycles. The molecule has 0 aliphatic carbocycles. The van der Waals surface area contributed by atoms with Crippen molar-refractivity contribution < 1.29 is 65.1 Å². The standard InChI is InChI=1S/C30H24F3N3O3.C30H27FN4O3.C29H25FN4O3/c1-16-11-27(38)36-29(28(16)26(37)13-17-5-8-25-18(12-17)9-10-34-25)19-6-7-24(33)20(14-19)30(39)35-15-21-22(31)3-2-4-23(21)32;1-18-14-27(37)35-29(28(18)26(36)16-19-5-8-25-20(15-19)9-12-33-25)21-6-7-24(31)23(17-21)30(38)34-13-10-22-4-2-3-11-32-22;1-17-12-26(36)34-28(27(17)25(35)14-18-5-8-24-19(13-18)9-11-32-24)20-6-7-23(30)22(15-20)29(37)33-16-21-4-2-3-10-31-21/h2-10,12,14,29,34H,11,13,15H2,1H3,(H,35,39)(H,36,38);2-9,11-12,15,17,29,33H,10,13-14,16H2,1H3,(H,34,38)(H,35,37);2-11,13,15,28,32H,12,14,16H2,1H3,(H,33,37)(H,34,36). The van der Waals surface area contributed by atoms with Crippen LogP contribution in [0.4, 0.5) is 22.0 Å². The lowest BCUT2D eigenvalue weighted by Crippen LogP contribution is -2.37. The zero-order valence-corrected chi connectivity index (χ0v) is 62.0.